The first-order valence-electron chi connectivity index (χ1n) is 5.84. The second-order valence-electron chi connectivity index (χ2n) is 4.35. The van der Waals surface area contributed by atoms with Crippen LogP contribution in [0.15, 0.2) is 40.9 Å². The van der Waals surface area contributed by atoms with Crippen LogP contribution < -0.4 is 10.5 Å². The normalized spacial score (nSPS) is 10.4. The Morgan fingerprint density at radius 2 is 1.67 bits per heavy atom. The topological polar surface area (TPSA) is 35.2 Å². The first-order valence-corrected chi connectivity index (χ1v) is 6.63. The van der Waals surface area contributed by atoms with Crippen molar-refractivity contribution in [2.75, 3.05) is 0 Å². The molecule has 0 aliphatic rings. The highest BCUT2D eigenvalue weighted by atomic mass is 79.9. The fourth-order valence-electron chi connectivity index (χ4n) is 1.73. The molecule has 0 bridgehead atoms. The summed E-state index contributed by atoms with van der Waals surface area (Å²) < 4.78 is 6.89. The molecule has 0 aromatic heterocycles. The minimum Gasteiger partial charge on any atom is -0.456 e. The lowest BCUT2D eigenvalue weighted by atomic mass is 10.1. The van der Waals surface area contributed by atoms with Gasteiger partial charge in [0, 0.05) is 12.1 Å². The largest absolute Gasteiger partial charge is 0.456 e. The van der Waals surface area contributed by atoms with Crippen LogP contribution >= 0.6 is 15.9 Å². The zero-order chi connectivity index (χ0) is 13.1. The Kier molecular flexibility index (Phi) is 4.04. The lowest BCUT2D eigenvalue weighted by molar-refractivity contribution is 0.473. The maximum Gasteiger partial charge on any atom is 0.141 e. The van der Waals surface area contributed by atoms with Gasteiger partial charge in [-0.15, -0.1) is 0 Å². The van der Waals surface area contributed by atoms with Crippen molar-refractivity contribution in [1.82, 2.24) is 0 Å². The molecule has 3 heteroatoms. The maximum absolute atomic E-state index is 5.94. The Labute approximate surface area is 116 Å². The summed E-state index contributed by atoms with van der Waals surface area (Å²) in [7, 11) is 0. The van der Waals surface area contributed by atoms with Gasteiger partial charge in [-0.2, -0.15) is 0 Å². The third-order valence-electron chi connectivity index (χ3n) is 2.75. The minimum atomic E-state index is 0.471. The quantitative estimate of drug-likeness (QED) is 0.916. The van der Waals surface area contributed by atoms with Gasteiger partial charge in [0.15, 0.2) is 0 Å². The van der Waals surface area contributed by atoms with Crippen molar-refractivity contribution < 1.29 is 4.74 Å². The summed E-state index contributed by atoms with van der Waals surface area (Å²) in [5.41, 5.74) is 9.08. The summed E-state index contributed by atoms with van der Waals surface area (Å²) in [6.07, 6.45) is 0. The Bertz CT molecular complexity index is 566. The molecule has 0 aliphatic carbocycles. The van der Waals surface area contributed by atoms with Crippen LogP contribution in [-0.4, -0.2) is 0 Å². The number of halogens is 1. The van der Waals surface area contributed by atoms with Crippen LogP contribution in [-0.2, 0) is 6.54 Å². The molecule has 2 nitrogen and oxygen atoms in total. The smallest absolute Gasteiger partial charge is 0.141 e. The van der Waals surface area contributed by atoms with E-state index in [1.807, 2.05) is 50.2 Å². The number of aryl methyl sites for hydroxylation is 2. The van der Waals surface area contributed by atoms with E-state index in [1.54, 1.807) is 0 Å². The summed E-state index contributed by atoms with van der Waals surface area (Å²) in [4.78, 5) is 0. The summed E-state index contributed by atoms with van der Waals surface area (Å²) in [6.45, 7) is 4.56. The van der Waals surface area contributed by atoms with E-state index in [4.69, 9.17) is 10.5 Å². The molecule has 2 rings (SSSR count). The van der Waals surface area contributed by atoms with Gasteiger partial charge in [0.1, 0.15) is 11.5 Å². The van der Waals surface area contributed by atoms with E-state index in [0.29, 0.717) is 6.54 Å². The zero-order valence-electron chi connectivity index (χ0n) is 10.5. The first kappa shape index (κ1) is 13.1. The van der Waals surface area contributed by atoms with Gasteiger partial charge in [-0.3, -0.25) is 0 Å². The van der Waals surface area contributed by atoms with Gasteiger partial charge in [-0.1, -0.05) is 18.2 Å². The van der Waals surface area contributed by atoms with E-state index in [9.17, 15) is 0 Å². The van der Waals surface area contributed by atoms with Gasteiger partial charge in [0.2, 0.25) is 0 Å². The predicted octanol–water partition coefficient (Wildman–Crippen LogP) is 4.32. The Hall–Kier alpha value is -1.32. The fraction of sp³-hybridized carbons (Fsp3) is 0.200. The fourth-order valence-corrected chi connectivity index (χ4v) is 2.31. The molecular formula is C15H16BrNO. The number of hydrogen-bond donors (Lipinski definition) is 1. The van der Waals surface area contributed by atoms with Crippen LogP contribution in [0.4, 0.5) is 0 Å². The Morgan fingerprint density at radius 3 is 2.33 bits per heavy atom. The third-order valence-corrected chi connectivity index (χ3v) is 3.37. The molecule has 94 valence electrons. The van der Waals surface area contributed by atoms with Gasteiger partial charge in [0.25, 0.3) is 0 Å². The zero-order valence-corrected chi connectivity index (χ0v) is 12.1. The highest BCUT2D eigenvalue weighted by Crippen LogP contribution is 2.32. The van der Waals surface area contributed by atoms with E-state index in [2.05, 4.69) is 15.9 Å². The summed E-state index contributed by atoms with van der Waals surface area (Å²) in [5.74, 6) is 1.63. The van der Waals surface area contributed by atoms with E-state index in [-0.39, 0.29) is 0 Å². The standard InChI is InChI=1S/C15H16BrNO/c1-10-4-6-14(13(16)7-10)18-15-8-11(2)3-5-12(15)9-17/h3-8H,9,17H2,1-2H3. The highest BCUT2D eigenvalue weighted by Gasteiger charge is 2.07. The second kappa shape index (κ2) is 5.55. The number of ether oxygens (including phenoxy) is 1. The lowest BCUT2D eigenvalue weighted by Gasteiger charge is -2.12. The molecule has 0 heterocycles. The molecule has 0 atom stereocenters. The van der Waals surface area contributed by atoms with Crippen LogP contribution in [0.2, 0.25) is 0 Å². The van der Waals surface area contributed by atoms with Crippen LogP contribution in [0.25, 0.3) is 0 Å². The molecular weight excluding hydrogens is 290 g/mol. The van der Waals surface area contributed by atoms with Crippen molar-refractivity contribution in [3.8, 4) is 11.5 Å². The van der Waals surface area contributed by atoms with Crippen molar-refractivity contribution in [2.24, 2.45) is 5.73 Å². The average molecular weight is 306 g/mol. The van der Waals surface area contributed by atoms with Crippen molar-refractivity contribution >= 4 is 15.9 Å². The number of rotatable bonds is 3. The minimum absolute atomic E-state index is 0.471. The molecule has 2 aromatic carbocycles. The highest BCUT2D eigenvalue weighted by molar-refractivity contribution is 9.10. The molecule has 0 aliphatic heterocycles. The van der Waals surface area contributed by atoms with Crippen molar-refractivity contribution in [3.05, 3.63) is 57.6 Å². The predicted molar refractivity (Wildman–Crippen MR) is 78.0 cm³/mol. The molecule has 0 fully saturated rings. The van der Waals surface area contributed by atoms with E-state index in [1.165, 1.54) is 5.56 Å². The molecule has 2 N–H and O–H groups in total. The maximum atomic E-state index is 5.94. The van der Waals surface area contributed by atoms with Crippen LogP contribution in [0.3, 0.4) is 0 Å². The monoisotopic (exact) mass is 305 g/mol. The Balaban J connectivity index is 2.36. The molecule has 0 spiro atoms. The molecule has 2 aromatic rings. The molecule has 0 saturated heterocycles. The van der Waals surface area contributed by atoms with Gasteiger partial charge in [-0.25, -0.2) is 0 Å². The van der Waals surface area contributed by atoms with E-state index < -0.39 is 0 Å². The van der Waals surface area contributed by atoms with Gasteiger partial charge in [-0.05, 0) is 59.1 Å². The van der Waals surface area contributed by atoms with E-state index >= 15 is 0 Å². The van der Waals surface area contributed by atoms with Crippen molar-refractivity contribution in [1.29, 1.82) is 0 Å². The molecule has 0 saturated carbocycles. The lowest BCUT2D eigenvalue weighted by Crippen LogP contribution is -2.00. The average Bonchev–Trinajstić information content (AvgIpc) is 2.33. The number of nitrogens with two attached hydrogens (primary N) is 1. The van der Waals surface area contributed by atoms with E-state index in [0.717, 1.165) is 27.1 Å². The summed E-state index contributed by atoms with van der Waals surface area (Å²) >= 11 is 3.51. The number of benzene rings is 2. The molecule has 0 unspecified atom stereocenters. The molecule has 18 heavy (non-hydrogen) atoms. The molecule has 0 amide bonds. The summed E-state index contributed by atoms with van der Waals surface area (Å²) in [5, 5.41) is 0. The van der Waals surface area contributed by atoms with Crippen LogP contribution in [0, 0.1) is 13.8 Å². The van der Waals surface area contributed by atoms with Gasteiger partial charge >= 0.3 is 0 Å². The van der Waals surface area contributed by atoms with Crippen molar-refractivity contribution in [2.45, 2.75) is 20.4 Å². The van der Waals surface area contributed by atoms with Gasteiger partial charge in [0.05, 0.1) is 4.47 Å². The van der Waals surface area contributed by atoms with Crippen molar-refractivity contribution in [3.63, 3.8) is 0 Å². The Morgan fingerprint density at radius 1 is 1.00 bits per heavy atom. The van der Waals surface area contributed by atoms with Gasteiger partial charge < -0.3 is 10.5 Å². The SMILES string of the molecule is Cc1ccc(Oc2cc(C)ccc2CN)c(Br)c1. The van der Waals surface area contributed by atoms with Crippen LogP contribution in [0.5, 0.6) is 11.5 Å². The first-order chi connectivity index (χ1) is 8.60. The second-order valence-corrected chi connectivity index (χ2v) is 5.21. The third kappa shape index (κ3) is 2.92. The number of hydrogen-bond acceptors (Lipinski definition) is 2. The molecule has 0 radical (unpaired) electrons. The summed E-state index contributed by atoms with van der Waals surface area (Å²) in [6, 6.07) is 12.1. The van der Waals surface area contributed by atoms with Crippen LogP contribution in [0.1, 0.15) is 16.7 Å².